The van der Waals surface area contributed by atoms with Gasteiger partial charge in [-0.15, -0.1) is 0 Å². The third-order valence-electron chi connectivity index (χ3n) is 5.80. The van der Waals surface area contributed by atoms with Crippen molar-refractivity contribution in [2.75, 3.05) is 36.0 Å². The minimum atomic E-state index is -3.14. The first kappa shape index (κ1) is 21.5. The number of hydrogen-bond acceptors (Lipinski definition) is 6. The summed E-state index contributed by atoms with van der Waals surface area (Å²) in [5, 5.41) is 0. The second-order valence-corrected chi connectivity index (χ2v) is 10.1. The van der Waals surface area contributed by atoms with Crippen molar-refractivity contribution in [2.24, 2.45) is 5.92 Å². The van der Waals surface area contributed by atoms with Crippen molar-refractivity contribution in [3.63, 3.8) is 0 Å². The maximum atomic E-state index is 14.7. The van der Waals surface area contributed by atoms with Crippen LogP contribution >= 0.6 is 0 Å². The molecule has 4 rings (SSSR count). The lowest BCUT2D eigenvalue weighted by Gasteiger charge is -2.43. The normalized spacial score (nSPS) is 21.8. The zero-order valence-corrected chi connectivity index (χ0v) is 17.4. The Kier molecular flexibility index (Phi) is 5.87. The van der Waals surface area contributed by atoms with E-state index in [4.69, 9.17) is 0 Å². The molecule has 0 spiro atoms. The van der Waals surface area contributed by atoms with Gasteiger partial charge in [0.1, 0.15) is 9.84 Å². The smallest absolute Gasteiger partial charge is 0.226 e. The van der Waals surface area contributed by atoms with Crippen molar-refractivity contribution < 1.29 is 26.4 Å². The van der Waals surface area contributed by atoms with Gasteiger partial charge in [0, 0.05) is 31.1 Å². The van der Waals surface area contributed by atoms with E-state index < -0.39 is 39.2 Å². The Bertz CT molecular complexity index is 1070. The number of benzene rings is 1. The number of carbonyl (C=O) groups excluding carboxylic acids is 1. The Balaban J connectivity index is 1.63. The van der Waals surface area contributed by atoms with Crippen LogP contribution in [-0.2, 0) is 14.6 Å². The quantitative estimate of drug-likeness (QED) is 0.707. The summed E-state index contributed by atoms with van der Waals surface area (Å²) in [7, 11) is -3.14. The van der Waals surface area contributed by atoms with E-state index in [9.17, 15) is 26.4 Å². The number of carbonyl (C=O) groups is 1. The average molecular weight is 454 g/mol. The largest absolute Gasteiger partial charge is 0.337 e. The minimum Gasteiger partial charge on any atom is -0.337 e. The minimum absolute atomic E-state index is 0.0172. The van der Waals surface area contributed by atoms with E-state index >= 15 is 0 Å². The molecule has 2 aliphatic heterocycles. The number of piperazine rings is 1. The molecule has 0 N–H and O–H groups in total. The van der Waals surface area contributed by atoms with Crippen molar-refractivity contribution in [3.8, 4) is 0 Å². The van der Waals surface area contributed by atoms with Gasteiger partial charge in [0.05, 0.1) is 29.9 Å². The molecule has 1 atom stereocenters. The number of hydrogen-bond donors (Lipinski definition) is 0. The van der Waals surface area contributed by atoms with Crippen LogP contribution in [0.1, 0.15) is 24.4 Å². The first-order chi connectivity index (χ1) is 14.7. The Morgan fingerprint density at radius 3 is 2.39 bits per heavy atom. The van der Waals surface area contributed by atoms with E-state index in [0.29, 0.717) is 6.54 Å². The van der Waals surface area contributed by atoms with Gasteiger partial charge in [-0.25, -0.2) is 31.6 Å². The van der Waals surface area contributed by atoms with E-state index in [1.165, 1.54) is 17.0 Å². The van der Waals surface area contributed by atoms with Crippen LogP contribution in [0.3, 0.4) is 0 Å². The van der Waals surface area contributed by atoms with Gasteiger partial charge in [-0.2, -0.15) is 0 Å². The van der Waals surface area contributed by atoms with Gasteiger partial charge in [0.25, 0.3) is 0 Å². The summed E-state index contributed by atoms with van der Waals surface area (Å²) >= 11 is 0. The van der Waals surface area contributed by atoms with Gasteiger partial charge in [-0.3, -0.25) is 4.79 Å². The zero-order chi connectivity index (χ0) is 22.2. The standard InChI is InChI=1S/C20H21F3N4O3S/c21-14-10-24-20(25-11-14)26-6-7-27(19(28)13-4-8-31(29,30)9-5-13)17(12-26)15-2-1-3-16(22)18(15)23/h1-3,10-11,13,17H,4-9,12H2. The van der Waals surface area contributed by atoms with Gasteiger partial charge in [-0.05, 0) is 18.9 Å². The van der Waals surface area contributed by atoms with Crippen molar-refractivity contribution in [2.45, 2.75) is 18.9 Å². The molecule has 2 fully saturated rings. The SMILES string of the molecule is O=C(C1CCS(=O)(=O)CC1)N1CCN(c2ncc(F)cn2)CC1c1cccc(F)c1F. The van der Waals surface area contributed by atoms with Crippen LogP contribution in [0.4, 0.5) is 19.1 Å². The van der Waals surface area contributed by atoms with Crippen LogP contribution in [0, 0.1) is 23.4 Å². The number of sulfone groups is 1. The van der Waals surface area contributed by atoms with Gasteiger partial charge in [0.15, 0.2) is 17.5 Å². The molecule has 1 aromatic heterocycles. The summed E-state index contributed by atoms with van der Waals surface area (Å²) in [6.45, 7) is 0.585. The zero-order valence-electron chi connectivity index (χ0n) is 16.5. The third kappa shape index (κ3) is 4.51. The lowest BCUT2D eigenvalue weighted by Crippen LogP contribution is -2.53. The molecular weight excluding hydrogens is 433 g/mol. The lowest BCUT2D eigenvalue weighted by molar-refractivity contribution is -0.139. The van der Waals surface area contributed by atoms with Crippen LogP contribution in [0.2, 0.25) is 0 Å². The third-order valence-corrected chi connectivity index (χ3v) is 7.51. The van der Waals surface area contributed by atoms with Gasteiger partial charge in [-0.1, -0.05) is 12.1 Å². The highest BCUT2D eigenvalue weighted by molar-refractivity contribution is 7.91. The van der Waals surface area contributed by atoms with E-state index in [1.807, 2.05) is 0 Å². The van der Waals surface area contributed by atoms with Gasteiger partial charge >= 0.3 is 0 Å². The molecule has 11 heteroatoms. The van der Waals surface area contributed by atoms with E-state index in [2.05, 4.69) is 9.97 Å². The molecule has 1 unspecified atom stereocenters. The van der Waals surface area contributed by atoms with Crippen LogP contribution in [0.25, 0.3) is 0 Å². The summed E-state index contributed by atoms with van der Waals surface area (Å²) in [6.07, 6.45) is 2.45. The highest BCUT2D eigenvalue weighted by Gasteiger charge is 2.39. The highest BCUT2D eigenvalue weighted by atomic mass is 32.2. The number of amides is 1. The molecule has 1 aromatic carbocycles. The molecule has 7 nitrogen and oxygen atoms in total. The molecular formula is C20H21F3N4O3S. The lowest BCUT2D eigenvalue weighted by atomic mass is 9.96. The Morgan fingerprint density at radius 2 is 1.71 bits per heavy atom. The summed E-state index contributed by atoms with van der Waals surface area (Å²) in [5.74, 6) is -3.34. The average Bonchev–Trinajstić information content (AvgIpc) is 2.75. The monoisotopic (exact) mass is 454 g/mol. The first-order valence-corrected chi connectivity index (χ1v) is 11.7. The predicted octanol–water partition coefficient (Wildman–Crippen LogP) is 2.11. The number of anilines is 1. The van der Waals surface area contributed by atoms with Gasteiger partial charge < -0.3 is 9.80 Å². The second kappa shape index (κ2) is 8.45. The van der Waals surface area contributed by atoms with Crippen LogP contribution in [0.15, 0.2) is 30.6 Å². The van der Waals surface area contributed by atoms with E-state index in [-0.39, 0.29) is 54.9 Å². The van der Waals surface area contributed by atoms with Crippen LogP contribution in [-0.4, -0.2) is 60.3 Å². The molecule has 0 saturated carbocycles. The maximum absolute atomic E-state index is 14.7. The maximum Gasteiger partial charge on any atom is 0.226 e. The van der Waals surface area contributed by atoms with E-state index in [1.54, 1.807) is 4.90 Å². The second-order valence-electron chi connectivity index (χ2n) is 7.76. The number of rotatable bonds is 3. The fourth-order valence-electron chi connectivity index (χ4n) is 4.11. The Labute approximate surface area is 177 Å². The summed E-state index contributed by atoms with van der Waals surface area (Å²) in [5.41, 5.74) is 0.0172. The number of nitrogens with zero attached hydrogens (tertiary/aromatic N) is 4. The predicted molar refractivity (Wildman–Crippen MR) is 106 cm³/mol. The molecule has 1 amide bonds. The van der Waals surface area contributed by atoms with Crippen molar-refractivity contribution >= 4 is 21.7 Å². The summed E-state index contributed by atoms with van der Waals surface area (Å²) < 4.78 is 65.2. The number of aromatic nitrogens is 2. The van der Waals surface area contributed by atoms with Crippen molar-refractivity contribution in [3.05, 3.63) is 53.6 Å². The fraction of sp³-hybridized carbons (Fsp3) is 0.450. The molecule has 0 radical (unpaired) electrons. The molecule has 31 heavy (non-hydrogen) atoms. The Hall–Kier alpha value is -2.69. The van der Waals surface area contributed by atoms with Crippen LogP contribution in [0.5, 0.6) is 0 Å². The molecule has 2 aliphatic rings. The number of halogens is 3. The Morgan fingerprint density at radius 1 is 1.03 bits per heavy atom. The molecule has 166 valence electrons. The summed E-state index contributed by atoms with van der Waals surface area (Å²) in [6, 6.07) is 2.96. The summed E-state index contributed by atoms with van der Waals surface area (Å²) in [4.78, 5) is 24.3. The topological polar surface area (TPSA) is 83.5 Å². The van der Waals surface area contributed by atoms with Crippen molar-refractivity contribution in [1.29, 1.82) is 0 Å². The fourth-order valence-corrected chi connectivity index (χ4v) is 5.60. The van der Waals surface area contributed by atoms with Crippen molar-refractivity contribution in [1.82, 2.24) is 14.9 Å². The van der Waals surface area contributed by atoms with Gasteiger partial charge in [0.2, 0.25) is 11.9 Å². The highest BCUT2D eigenvalue weighted by Crippen LogP contribution is 2.33. The first-order valence-electron chi connectivity index (χ1n) is 9.92. The van der Waals surface area contributed by atoms with E-state index in [0.717, 1.165) is 18.5 Å². The molecule has 2 aromatic rings. The molecule has 2 saturated heterocycles. The molecule has 0 bridgehead atoms. The molecule has 0 aliphatic carbocycles. The van der Waals surface area contributed by atoms with Crippen LogP contribution < -0.4 is 4.90 Å². The molecule has 3 heterocycles.